The lowest BCUT2D eigenvalue weighted by atomic mass is 10.2. The molecule has 1 atom stereocenters. The van der Waals surface area contributed by atoms with Crippen LogP contribution in [-0.4, -0.2) is 41.6 Å². The van der Waals surface area contributed by atoms with Crippen molar-refractivity contribution in [3.63, 3.8) is 0 Å². The van der Waals surface area contributed by atoms with Crippen LogP contribution in [0.15, 0.2) is 5.38 Å². The van der Waals surface area contributed by atoms with E-state index >= 15 is 0 Å². The molecular weight excluding hydrogens is 226 g/mol. The first-order valence-electron chi connectivity index (χ1n) is 5.25. The van der Waals surface area contributed by atoms with Crippen molar-refractivity contribution in [2.45, 2.75) is 19.5 Å². The Bertz CT molecular complexity index is 380. The molecule has 0 aromatic carbocycles. The molecule has 1 aromatic rings. The molecule has 0 aliphatic carbocycles. The molecule has 0 radical (unpaired) electrons. The maximum atomic E-state index is 12.1. The van der Waals surface area contributed by atoms with Crippen LogP contribution in [-0.2, 0) is 11.3 Å². The Morgan fingerprint density at radius 1 is 1.81 bits per heavy atom. The van der Waals surface area contributed by atoms with Gasteiger partial charge in [-0.2, -0.15) is 0 Å². The number of hydrogen-bond acceptors (Lipinski definition) is 5. The maximum absolute atomic E-state index is 12.1. The average molecular weight is 241 g/mol. The highest BCUT2D eigenvalue weighted by Gasteiger charge is 2.26. The summed E-state index contributed by atoms with van der Waals surface area (Å²) < 4.78 is 5.29. The van der Waals surface area contributed by atoms with Crippen LogP contribution < -0.4 is 5.73 Å². The van der Waals surface area contributed by atoms with Gasteiger partial charge in [0.05, 0.1) is 19.3 Å². The summed E-state index contributed by atoms with van der Waals surface area (Å²) in [5.74, 6) is -0.0215. The van der Waals surface area contributed by atoms with Gasteiger partial charge in [0, 0.05) is 18.5 Å². The summed E-state index contributed by atoms with van der Waals surface area (Å²) in [6.07, 6.45) is 0. The number of hydrogen-bond donors (Lipinski definition) is 1. The van der Waals surface area contributed by atoms with Crippen LogP contribution in [0.4, 0.5) is 0 Å². The smallest absolute Gasteiger partial charge is 0.273 e. The molecule has 2 N–H and O–H groups in total. The van der Waals surface area contributed by atoms with Crippen LogP contribution in [0, 0.1) is 0 Å². The van der Waals surface area contributed by atoms with E-state index in [2.05, 4.69) is 4.98 Å². The number of morpholine rings is 1. The Labute approximate surface area is 98.2 Å². The summed E-state index contributed by atoms with van der Waals surface area (Å²) >= 11 is 1.43. The second-order valence-corrected chi connectivity index (χ2v) is 4.70. The molecule has 0 spiro atoms. The highest BCUT2D eigenvalue weighted by atomic mass is 32.1. The third kappa shape index (κ3) is 2.23. The van der Waals surface area contributed by atoms with Crippen molar-refractivity contribution in [2.75, 3.05) is 19.8 Å². The number of ether oxygens (including phenoxy) is 1. The van der Waals surface area contributed by atoms with Gasteiger partial charge < -0.3 is 15.4 Å². The predicted molar refractivity (Wildman–Crippen MR) is 61.3 cm³/mol. The lowest BCUT2D eigenvalue weighted by Gasteiger charge is -2.32. The van der Waals surface area contributed by atoms with Crippen molar-refractivity contribution in [1.29, 1.82) is 0 Å². The Balaban J connectivity index is 2.11. The summed E-state index contributed by atoms with van der Waals surface area (Å²) in [5.41, 5.74) is 5.97. The van der Waals surface area contributed by atoms with E-state index in [-0.39, 0.29) is 11.9 Å². The van der Waals surface area contributed by atoms with Crippen molar-refractivity contribution in [3.05, 3.63) is 16.1 Å². The van der Waals surface area contributed by atoms with Crippen molar-refractivity contribution < 1.29 is 9.53 Å². The van der Waals surface area contributed by atoms with E-state index in [9.17, 15) is 4.79 Å². The van der Waals surface area contributed by atoms with E-state index in [1.54, 1.807) is 10.3 Å². The van der Waals surface area contributed by atoms with E-state index < -0.39 is 0 Å². The number of nitrogens with zero attached hydrogens (tertiary/aromatic N) is 2. The van der Waals surface area contributed by atoms with E-state index in [0.29, 0.717) is 32.0 Å². The molecule has 1 saturated heterocycles. The highest BCUT2D eigenvalue weighted by molar-refractivity contribution is 7.09. The van der Waals surface area contributed by atoms with Crippen molar-refractivity contribution in [2.24, 2.45) is 5.73 Å². The lowest BCUT2D eigenvalue weighted by molar-refractivity contribution is 0.00331. The first kappa shape index (κ1) is 11.5. The van der Waals surface area contributed by atoms with Gasteiger partial charge in [-0.3, -0.25) is 4.79 Å². The molecule has 1 aliphatic rings. The van der Waals surface area contributed by atoms with Gasteiger partial charge in [-0.15, -0.1) is 11.3 Å². The van der Waals surface area contributed by atoms with Gasteiger partial charge in [0.15, 0.2) is 0 Å². The molecule has 1 aliphatic heterocycles. The van der Waals surface area contributed by atoms with Crippen LogP contribution in [0.25, 0.3) is 0 Å². The van der Waals surface area contributed by atoms with Crippen molar-refractivity contribution in [3.8, 4) is 0 Å². The number of rotatable bonds is 2. The van der Waals surface area contributed by atoms with Gasteiger partial charge in [-0.05, 0) is 6.92 Å². The lowest BCUT2D eigenvalue weighted by Crippen LogP contribution is -2.47. The number of carbonyl (C=O) groups excluding carboxylic acids is 1. The zero-order valence-corrected chi connectivity index (χ0v) is 10.00. The number of aromatic nitrogens is 1. The monoisotopic (exact) mass is 241 g/mol. The van der Waals surface area contributed by atoms with Gasteiger partial charge in [-0.1, -0.05) is 0 Å². The van der Waals surface area contributed by atoms with Crippen LogP contribution in [0.1, 0.15) is 22.4 Å². The summed E-state index contributed by atoms with van der Waals surface area (Å²) in [7, 11) is 0. The number of carbonyl (C=O) groups is 1. The summed E-state index contributed by atoms with van der Waals surface area (Å²) in [4.78, 5) is 18.1. The van der Waals surface area contributed by atoms with Gasteiger partial charge >= 0.3 is 0 Å². The molecule has 6 heteroatoms. The van der Waals surface area contributed by atoms with E-state index in [1.807, 2.05) is 6.92 Å². The molecule has 2 heterocycles. The van der Waals surface area contributed by atoms with Crippen molar-refractivity contribution >= 4 is 17.2 Å². The normalized spacial score (nSPS) is 21.1. The van der Waals surface area contributed by atoms with Crippen LogP contribution in [0.2, 0.25) is 0 Å². The molecule has 5 nitrogen and oxygen atoms in total. The number of nitrogens with two attached hydrogens (primary N) is 1. The first-order chi connectivity index (χ1) is 7.72. The molecule has 1 unspecified atom stereocenters. The second kappa shape index (κ2) is 4.90. The van der Waals surface area contributed by atoms with E-state index in [0.717, 1.165) is 5.01 Å². The Kier molecular flexibility index (Phi) is 3.52. The minimum absolute atomic E-state index is 0.0215. The topological polar surface area (TPSA) is 68.5 Å². The molecule has 1 fully saturated rings. The number of amides is 1. The predicted octanol–water partition coefficient (Wildman–Crippen LogP) is 0.463. The Morgan fingerprint density at radius 2 is 2.62 bits per heavy atom. The second-order valence-electron chi connectivity index (χ2n) is 3.75. The van der Waals surface area contributed by atoms with E-state index in [4.69, 9.17) is 10.5 Å². The summed E-state index contributed by atoms with van der Waals surface area (Å²) in [6, 6.07) is 0.115. The standard InChI is InChI=1S/C10H15N3O2S/c1-7-5-15-3-2-13(7)10(14)8-6-16-9(4-11)12-8/h6-7H,2-5,11H2,1H3. The molecule has 1 amide bonds. The van der Waals surface area contributed by atoms with Gasteiger partial charge in [0.2, 0.25) is 0 Å². The van der Waals surface area contributed by atoms with Gasteiger partial charge in [0.25, 0.3) is 5.91 Å². The zero-order chi connectivity index (χ0) is 11.5. The Hall–Kier alpha value is -0.980. The van der Waals surface area contributed by atoms with Crippen LogP contribution >= 0.6 is 11.3 Å². The van der Waals surface area contributed by atoms with Crippen LogP contribution in [0.3, 0.4) is 0 Å². The molecule has 1 aromatic heterocycles. The summed E-state index contributed by atoms with van der Waals surface area (Å²) in [5, 5.41) is 2.57. The fourth-order valence-electron chi connectivity index (χ4n) is 1.68. The average Bonchev–Trinajstić information content (AvgIpc) is 2.77. The van der Waals surface area contributed by atoms with Gasteiger partial charge in [-0.25, -0.2) is 4.98 Å². The summed E-state index contributed by atoms with van der Waals surface area (Å²) in [6.45, 7) is 4.20. The van der Waals surface area contributed by atoms with Gasteiger partial charge in [0.1, 0.15) is 10.7 Å². The molecule has 0 saturated carbocycles. The first-order valence-corrected chi connectivity index (χ1v) is 6.13. The maximum Gasteiger partial charge on any atom is 0.273 e. The highest BCUT2D eigenvalue weighted by Crippen LogP contribution is 2.14. The van der Waals surface area contributed by atoms with Crippen molar-refractivity contribution in [1.82, 2.24) is 9.88 Å². The minimum Gasteiger partial charge on any atom is -0.377 e. The third-order valence-electron chi connectivity index (χ3n) is 2.57. The number of thiazole rings is 1. The molecule has 0 bridgehead atoms. The molecular formula is C10H15N3O2S. The molecule has 2 rings (SSSR count). The Morgan fingerprint density at radius 3 is 3.25 bits per heavy atom. The quantitative estimate of drug-likeness (QED) is 0.817. The zero-order valence-electron chi connectivity index (χ0n) is 9.18. The fourth-order valence-corrected chi connectivity index (χ4v) is 2.33. The third-order valence-corrected chi connectivity index (χ3v) is 3.45. The molecule has 88 valence electrons. The largest absolute Gasteiger partial charge is 0.377 e. The molecule has 16 heavy (non-hydrogen) atoms. The van der Waals surface area contributed by atoms with Crippen LogP contribution in [0.5, 0.6) is 0 Å². The minimum atomic E-state index is -0.0215. The fraction of sp³-hybridized carbons (Fsp3) is 0.600. The SMILES string of the molecule is CC1COCCN1C(=O)c1csc(CN)n1. The van der Waals surface area contributed by atoms with E-state index in [1.165, 1.54) is 11.3 Å².